The summed E-state index contributed by atoms with van der Waals surface area (Å²) in [5, 5.41) is 9.16. The Morgan fingerprint density at radius 3 is 2.45 bits per heavy atom. The highest BCUT2D eigenvalue weighted by atomic mass is 35.5. The second-order valence-electron chi connectivity index (χ2n) is 8.27. The topological polar surface area (TPSA) is 79.5 Å². The first-order valence-electron chi connectivity index (χ1n) is 11.3. The number of halogens is 1. The molecule has 3 N–H and O–H groups in total. The van der Waals surface area contributed by atoms with E-state index in [1.807, 2.05) is 13.8 Å². The van der Waals surface area contributed by atoms with E-state index in [0.29, 0.717) is 27.6 Å². The predicted octanol–water partition coefficient (Wildman–Crippen LogP) is 5.71. The summed E-state index contributed by atoms with van der Waals surface area (Å²) in [5.41, 5.74) is 1.40. The molecule has 8 heteroatoms. The van der Waals surface area contributed by atoms with Crippen molar-refractivity contribution in [1.82, 2.24) is 10.6 Å². The van der Waals surface area contributed by atoms with Crippen LogP contribution in [0.25, 0.3) is 0 Å². The van der Waals surface area contributed by atoms with Gasteiger partial charge in [0.25, 0.3) is 11.8 Å². The number of carbonyl (C=O) groups is 2. The number of ether oxygens (including phenoxy) is 1. The van der Waals surface area contributed by atoms with Gasteiger partial charge in [0.05, 0.1) is 16.7 Å². The summed E-state index contributed by atoms with van der Waals surface area (Å²) < 4.78 is 5.73. The van der Waals surface area contributed by atoms with Crippen LogP contribution in [0.1, 0.15) is 73.1 Å². The van der Waals surface area contributed by atoms with Crippen molar-refractivity contribution in [2.75, 3.05) is 5.32 Å². The summed E-state index contributed by atoms with van der Waals surface area (Å²) in [6.07, 6.45) is 6.45. The molecular weight excluding hydrogens is 458 g/mol. The van der Waals surface area contributed by atoms with Crippen LogP contribution in [0, 0.1) is 0 Å². The van der Waals surface area contributed by atoms with Crippen LogP contribution < -0.4 is 20.7 Å². The van der Waals surface area contributed by atoms with Gasteiger partial charge in [0, 0.05) is 17.3 Å². The van der Waals surface area contributed by atoms with Crippen LogP contribution in [0.4, 0.5) is 5.69 Å². The van der Waals surface area contributed by atoms with Gasteiger partial charge in [-0.25, -0.2) is 0 Å². The molecule has 0 aliphatic heterocycles. The molecule has 176 valence electrons. The standard InChI is InChI=1S/C25H30ClN3O3S/c1-3-16(2)32-20-12-9-17(10-13-20)23(30)29-25(33)28-19-11-14-22(26)21(15-19)24(31)27-18-7-5-4-6-8-18/h9-16,18H,3-8H2,1-2H3,(H,27,31)(H2,28,29,30,33). The summed E-state index contributed by atoms with van der Waals surface area (Å²) >= 11 is 11.5. The summed E-state index contributed by atoms with van der Waals surface area (Å²) in [4.78, 5) is 25.2. The van der Waals surface area contributed by atoms with Gasteiger partial charge in [-0.2, -0.15) is 0 Å². The molecule has 0 bridgehead atoms. The number of hydrogen-bond donors (Lipinski definition) is 3. The maximum atomic E-state index is 12.7. The van der Waals surface area contributed by atoms with Crippen molar-refractivity contribution >= 4 is 46.4 Å². The van der Waals surface area contributed by atoms with Gasteiger partial charge in [-0.3, -0.25) is 14.9 Å². The van der Waals surface area contributed by atoms with Crippen molar-refractivity contribution < 1.29 is 14.3 Å². The first-order chi connectivity index (χ1) is 15.9. The van der Waals surface area contributed by atoms with Crippen LogP contribution in [0.5, 0.6) is 5.75 Å². The first-order valence-corrected chi connectivity index (χ1v) is 12.1. The number of amides is 2. The molecule has 0 aromatic heterocycles. The molecule has 0 spiro atoms. The fraction of sp³-hybridized carbons (Fsp3) is 0.400. The quantitative estimate of drug-likeness (QED) is 0.436. The maximum absolute atomic E-state index is 12.7. The fourth-order valence-corrected chi connectivity index (χ4v) is 4.04. The van der Waals surface area contributed by atoms with Gasteiger partial charge in [0.15, 0.2) is 5.11 Å². The van der Waals surface area contributed by atoms with Gasteiger partial charge >= 0.3 is 0 Å². The molecule has 6 nitrogen and oxygen atoms in total. The van der Waals surface area contributed by atoms with Crippen molar-refractivity contribution in [2.24, 2.45) is 0 Å². The molecule has 1 fully saturated rings. The normalized spacial score (nSPS) is 14.8. The Morgan fingerprint density at radius 2 is 1.79 bits per heavy atom. The molecular formula is C25H30ClN3O3S. The molecule has 1 aliphatic rings. The Kier molecular flexibility index (Phi) is 9.09. The number of anilines is 1. The Hall–Kier alpha value is -2.64. The van der Waals surface area contributed by atoms with Gasteiger partial charge in [-0.1, -0.05) is 37.8 Å². The average molecular weight is 488 g/mol. The molecule has 0 saturated heterocycles. The molecule has 33 heavy (non-hydrogen) atoms. The molecule has 0 heterocycles. The van der Waals surface area contributed by atoms with E-state index in [1.165, 1.54) is 6.42 Å². The van der Waals surface area contributed by atoms with Gasteiger partial charge in [-0.05, 0) is 80.9 Å². The predicted molar refractivity (Wildman–Crippen MR) is 136 cm³/mol. The smallest absolute Gasteiger partial charge is 0.257 e. The van der Waals surface area contributed by atoms with Crippen LogP contribution >= 0.6 is 23.8 Å². The van der Waals surface area contributed by atoms with Crippen molar-refractivity contribution in [3.05, 3.63) is 58.6 Å². The molecule has 3 rings (SSSR count). The Bertz CT molecular complexity index is 991. The van der Waals surface area contributed by atoms with E-state index in [9.17, 15) is 9.59 Å². The lowest BCUT2D eigenvalue weighted by Gasteiger charge is -2.23. The third kappa shape index (κ3) is 7.44. The van der Waals surface area contributed by atoms with E-state index >= 15 is 0 Å². The number of rotatable bonds is 7. The van der Waals surface area contributed by atoms with Crippen LogP contribution in [0.15, 0.2) is 42.5 Å². The highest BCUT2D eigenvalue weighted by Crippen LogP contribution is 2.23. The Balaban J connectivity index is 1.57. The minimum Gasteiger partial charge on any atom is -0.491 e. The third-order valence-electron chi connectivity index (χ3n) is 5.66. The minimum atomic E-state index is -0.341. The third-order valence-corrected chi connectivity index (χ3v) is 6.20. The molecule has 2 amide bonds. The van der Waals surface area contributed by atoms with E-state index in [2.05, 4.69) is 16.0 Å². The number of benzene rings is 2. The zero-order chi connectivity index (χ0) is 23.8. The second kappa shape index (κ2) is 12.0. The minimum absolute atomic E-state index is 0.107. The fourth-order valence-electron chi connectivity index (χ4n) is 3.63. The summed E-state index contributed by atoms with van der Waals surface area (Å²) in [5.74, 6) is 0.166. The number of hydrogen-bond acceptors (Lipinski definition) is 4. The largest absolute Gasteiger partial charge is 0.491 e. The number of thiocarbonyl (C=S) groups is 1. The second-order valence-corrected chi connectivity index (χ2v) is 9.09. The van der Waals surface area contributed by atoms with Crippen LogP contribution in [-0.2, 0) is 0 Å². The van der Waals surface area contributed by atoms with E-state index in [1.54, 1.807) is 42.5 Å². The highest BCUT2D eigenvalue weighted by Gasteiger charge is 2.19. The highest BCUT2D eigenvalue weighted by molar-refractivity contribution is 7.80. The first kappa shape index (κ1) is 25.0. The van der Waals surface area contributed by atoms with Gasteiger partial charge in [-0.15, -0.1) is 0 Å². The van der Waals surface area contributed by atoms with Crippen molar-refractivity contribution in [3.8, 4) is 5.75 Å². The average Bonchev–Trinajstić information content (AvgIpc) is 2.81. The van der Waals surface area contributed by atoms with Gasteiger partial charge in [0.1, 0.15) is 5.75 Å². The number of nitrogens with one attached hydrogen (secondary N) is 3. The zero-order valence-electron chi connectivity index (χ0n) is 18.9. The Labute approximate surface area is 205 Å². The molecule has 2 aromatic carbocycles. The molecule has 2 aromatic rings. The SMILES string of the molecule is CCC(C)Oc1ccc(C(=O)NC(=S)Nc2ccc(Cl)c(C(=O)NC3CCCCC3)c2)cc1. The summed E-state index contributed by atoms with van der Waals surface area (Å²) in [6.45, 7) is 4.04. The molecule has 1 unspecified atom stereocenters. The van der Waals surface area contributed by atoms with Gasteiger partial charge in [0.2, 0.25) is 0 Å². The monoisotopic (exact) mass is 487 g/mol. The lowest BCUT2D eigenvalue weighted by atomic mass is 9.95. The van der Waals surface area contributed by atoms with E-state index in [0.717, 1.165) is 32.1 Å². The Morgan fingerprint density at radius 1 is 1.09 bits per heavy atom. The van der Waals surface area contributed by atoms with Gasteiger partial charge < -0.3 is 15.4 Å². The van der Waals surface area contributed by atoms with E-state index in [4.69, 9.17) is 28.6 Å². The summed E-state index contributed by atoms with van der Waals surface area (Å²) in [6, 6.07) is 12.1. The maximum Gasteiger partial charge on any atom is 0.257 e. The van der Waals surface area contributed by atoms with Crippen LogP contribution in [-0.4, -0.2) is 29.1 Å². The van der Waals surface area contributed by atoms with Crippen LogP contribution in [0.2, 0.25) is 5.02 Å². The van der Waals surface area contributed by atoms with Crippen molar-refractivity contribution in [3.63, 3.8) is 0 Å². The van der Waals surface area contributed by atoms with Crippen molar-refractivity contribution in [1.29, 1.82) is 0 Å². The molecule has 1 atom stereocenters. The zero-order valence-corrected chi connectivity index (χ0v) is 20.5. The lowest BCUT2D eigenvalue weighted by molar-refractivity contribution is 0.0926. The number of carbonyl (C=O) groups excluding carboxylic acids is 2. The lowest BCUT2D eigenvalue weighted by Crippen LogP contribution is -2.36. The van der Waals surface area contributed by atoms with Crippen LogP contribution in [0.3, 0.4) is 0 Å². The van der Waals surface area contributed by atoms with E-state index < -0.39 is 0 Å². The summed E-state index contributed by atoms with van der Waals surface area (Å²) in [7, 11) is 0. The molecule has 1 saturated carbocycles. The van der Waals surface area contributed by atoms with Crippen molar-refractivity contribution in [2.45, 2.75) is 64.5 Å². The molecule has 1 aliphatic carbocycles. The molecule has 0 radical (unpaired) electrons. The van der Waals surface area contributed by atoms with E-state index in [-0.39, 0.29) is 29.1 Å².